The van der Waals surface area contributed by atoms with Crippen molar-refractivity contribution in [2.24, 2.45) is 11.1 Å². The van der Waals surface area contributed by atoms with E-state index >= 15 is 0 Å². The first-order valence-corrected chi connectivity index (χ1v) is 7.25. The fourth-order valence-corrected chi connectivity index (χ4v) is 2.80. The fraction of sp³-hybridized carbons (Fsp3) is 0.562. The molecule has 1 fully saturated rings. The second kappa shape index (κ2) is 6.94. The van der Waals surface area contributed by atoms with Gasteiger partial charge < -0.3 is 15.8 Å². The molecule has 1 aromatic rings. The molecule has 4 nitrogen and oxygen atoms in total. The predicted octanol–water partition coefficient (Wildman–Crippen LogP) is 2.40. The van der Waals surface area contributed by atoms with Gasteiger partial charge in [-0.05, 0) is 13.0 Å². The molecule has 124 valence electrons. The summed E-state index contributed by atoms with van der Waals surface area (Å²) in [4.78, 5) is 12.4. The van der Waals surface area contributed by atoms with Crippen molar-refractivity contribution in [3.8, 4) is 0 Å². The lowest BCUT2D eigenvalue weighted by atomic mass is 9.54. The third kappa shape index (κ3) is 3.12. The van der Waals surface area contributed by atoms with Gasteiger partial charge in [-0.2, -0.15) is 0 Å². The van der Waals surface area contributed by atoms with Crippen molar-refractivity contribution in [3.05, 3.63) is 35.6 Å². The lowest BCUT2D eigenvalue weighted by molar-refractivity contribution is -0.170. The lowest BCUT2D eigenvalue weighted by Crippen LogP contribution is -2.75. The van der Waals surface area contributed by atoms with Crippen molar-refractivity contribution in [1.29, 1.82) is 0 Å². The Hall–Kier alpha value is -1.17. The number of nitrogens with one attached hydrogen (secondary N) is 1. The molecular weight excluding hydrogens is 307 g/mol. The molecule has 0 heterocycles. The molecule has 2 rings (SSSR count). The van der Waals surface area contributed by atoms with Gasteiger partial charge in [-0.15, -0.1) is 12.4 Å². The first-order chi connectivity index (χ1) is 9.83. The summed E-state index contributed by atoms with van der Waals surface area (Å²) in [5, 5.41) is 2.74. The molecule has 0 aliphatic heterocycles. The SMILES string of the molecule is CCOC1CC(N)(C(=O)NCc2ccccc2F)C1(C)C.Cl. The van der Waals surface area contributed by atoms with E-state index in [1.807, 2.05) is 20.8 Å². The Labute approximate surface area is 137 Å². The summed E-state index contributed by atoms with van der Waals surface area (Å²) in [6, 6.07) is 6.37. The number of amides is 1. The molecule has 0 saturated heterocycles. The summed E-state index contributed by atoms with van der Waals surface area (Å²) in [5.41, 5.74) is 5.30. The van der Waals surface area contributed by atoms with Crippen LogP contribution in [-0.2, 0) is 16.1 Å². The predicted molar refractivity (Wildman–Crippen MR) is 86.2 cm³/mol. The average molecular weight is 331 g/mol. The van der Waals surface area contributed by atoms with E-state index in [-0.39, 0.29) is 36.8 Å². The van der Waals surface area contributed by atoms with Gasteiger partial charge in [-0.1, -0.05) is 32.0 Å². The van der Waals surface area contributed by atoms with Gasteiger partial charge in [0.1, 0.15) is 11.4 Å². The maximum atomic E-state index is 13.5. The van der Waals surface area contributed by atoms with E-state index in [4.69, 9.17) is 10.5 Å². The average Bonchev–Trinajstić information content (AvgIpc) is 2.45. The van der Waals surface area contributed by atoms with E-state index in [9.17, 15) is 9.18 Å². The number of rotatable bonds is 5. The van der Waals surface area contributed by atoms with E-state index in [0.29, 0.717) is 18.6 Å². The zero-order valence-electron chi connectivity index (χ0n) is 13.2. The molecule has 1 aliphatic rings. The molecule has 1 saturated carbocycles. The highest BCUT2D eigenvalue weighted by Gasteiger charge is 2.62. The maximum Gasteiger partial charge on any atom is 0.241 e. The first-order valence-electron chi connectivity index (χ1n) is 7.25. The van der Waals surface area contributed by atoms with Crippen molar-refractivity contribution >= 4 is 18.3 Å². The summed E-state index contributed by atoms with van der Waals surface area (Å²) >= 11 is 0. The van der Waals surface area contributed by atoms with Crippen LogP contribution in [0.5, 0.6) is 0 Å². The molecule has 2 atom stereocenters. The molecule has 1 aromatic carbocycles. The van der Waals surface area contributed by atoms with Crippen LogP contribution in [0, 0.1) is 11.2 Å². The van der Waals surface area contributed by atoms with Crippen LogP contribution in [0.3, 0.4) is 0 Å². The molecule has 2 unspecified atom stereocenters. The second-order valence-corrected chi connectivity index (χ2v) is 6.12. The van der Waals surface area contributed by atoms with Gasteiger partial charge in [-0.25, -0.2) is 4.39 Å². The standard InChI is InChI=1S/C16H23FN2O2.ClH/c1-4-21-13-9-16(18,15(13,2)3)14(20)19-10-11-7-5-6-8-12(11)17;/h5-8,13H,4,9-10,18H2,1-3H3,(H,19,20);1H. The van der Waals surface area contributed by atoms with Gasteiger partial charge in [0.15, 0.2) is 0 Å². The molecular formula is C16H24ClFN2O2. The molecule has 3 N–H and O–H groups in total. The van der Waals surface area contributed by atoms with Crippen molar-refractivity contribution in [3.63, 3.8) is 0 Å². The van der Waals surface area contributed by atoms with Crippen molar-refractivity contribution < 1.29 is 13.9 Å². The topological polar surface area (TPSA) is 64.3 Å². The van der Waals surface area contributed by atoms with Gasteiger partial charge in [0.05, 0.1) is 6.10 Å². The van der Waals surface area contributed by atoms with E-state index in [1.54, 1.807) is 18.2 Å². The minimum absolute atomic E-state index is 0. The largest absolute Gasteiger partial charge is 0.378 e. The Kier molecular flexibility index (Phi) is 5.96. The highest BCUT2D eigenvalue weighted by atomic mass is 35.5. The van der Waals surface area contributed by atoms with Gasteiger partial charge in [0.2, 0.25) is 5.91 Å². The number of ether oxygens (including phenoxy) is 1. The Balaban J connectivity index is 0.00000242. The van der Waals surface area contributed by atoms with Gasteiger partial charge in [0, 0.05) is 30.6 Å². The summed E-state index contributed by atoms with van der Waals surface area (Å²) in [6.07, 6.45) is 0.462. The Morgan fingerprint density at radius 3 is 2.64 bits per heavy atom. The summed E-state index contributed by atoms with van der Waals surface area (Å²) in [6.45, 7) is 6.52. The molecule has 22 heavy (non-hydrogen) atoms. The monoisotopic (exact) mass is 330 g/mol. The number of carbonyl (C=O) groups is 1. The number of hydrogen-bond acceptors (Lipinski definition) is 3. The molecule has 6 heteroatoms. The molecule has 1 aliphatic carbocycles. The van der Waals surface area contributed by atoms with Crippen LogP contribution in [0.25, 0.3) is 0 Å². The van der Waals surface area contributed by atoms with Crippen molar-refractivity contribution in [2.75, 3.05) is 6.61 Å². The van der Waals surface area contributed by atoms with Crippen LogP contribution in [-0.4, -0.2) is 24.2 Å². The normalized spacial score (nSPS) is 25.8. The Bertz CT molecular complexity index is 539. The molecule has 1 amide bonds. The molecule has 0 radical (unpaired) electrons. The van der Waals surface area contributed by atoms with E-state index in [0.717, 1.165) is 0 Å². The maximum absolute atomic E-state index is 13.5. The van der Waals surface area contributed by atoms with E-state index in [1.165, 1.54) is 6.07 Å². The van der Waals surface area contributed by atoms with Gasteiger partial charge >= 0.3 is 0 Å². The second-order valence-electron chi connectivity index (χ2n) is 6.12. The number of nitrogens with two attached hydrogens (primary N) is 1. The zero-order chi connectivity index (χ0) is 15.7. The Morgan fingerprint density at radius 2 is 2.09 bits per heavy atom. The third-order valence-electron chi connectivity index (χ3n) is 4.63. The van der Waals surface area contributed by atoms with Crippen LogP contribution in [0.4, 0.5) is 4.39 Å². The molecule has 0 spiro atoms. The van der Waals surface area contributed by atoms with Gasteiger partial charge in [-0.3, -0.25) is 4.79 Å². The number of benzene rings is 1. The highest BCUT2D eigenvalue weighted by Crippen LogP contribution is 2.49. The van der Waals surface area contributed by atoms with Crippen LogP contribution >= 0.6 is 12.4 Å². The highest BCUT2D eigenvalue weighted by molar-refractivity contribution is 5.88. The molecule has 0 aromatic heterocycles. The fourth-order valence-electron chi connectivity index (χ4n) is 2.80. The summed E-state index contributed by atoms with van der Waals surface area (Å²) in [5.74, 6) is -0.587. The summed E-state index contributed by atoms with van der Waals surface area (Å²) < 4.78 is 19.1. The van der Waals surface area contributed by atoms with Crippen LogP contribution in [0.1, 0.15) is 32.8 Å². The third-order valence-corrected chi connectivity index (χ3v) is 4.63. The number of hydrogen-bond donors (Lipinski definition) is 2. The van der Waals surface area contributed by atoms with Crippen molar-refractivity contribution in [2.45, 2.75) is 45.4 Å². The lowest BCUT2D eigenvalue weighted by Gasteiger charge is -2.57. The van der Waals surface area contributed by atoms with Crippen LogP contribution in [0.15, 0.2) is 24.3 Å². The minimum atomic E-state index is -0.974. The number of halogens is 2. The van der Waals surface area contributed by atoms with Crippen LogP contribution in [0.2, 0.25) is 0 Å². The summed E-state index contributed by atoms with van der Waals surface area (Å²) in [7, 11) is 0. The minimum Gasteiger partial charge on any atom is -0.378 e. The first kappa shape index (κ1) is 18.9. The van der Waals surface area contributed by atoms with Crippen molar-refractivity contribution in [1.82, 2.24) is 5.32 Å². The van der Waals surface area contributed by atoms with E-state index < -0.39 is 11.0 Å². The smallest absolute Gasteiger partial charge is 0.241 e. The Morgan fingerprint density at radius 1 is 1.45 bits per heavy atom. The quantitative estimate of drug-likeness (QED) is 0.871. The van der Waals surface area contributed by atoms with E-state index in [2.05, 4.69) is 5.32 Å². The van der Waals surface area contributed by atoms with Crippen LogP contribution < -0.4 is 11.1 Å². The molecule has 0 bridgehead atoms. The zero-order valence-corrected chi connectivity index (χ0v) is 14.0. The number of carbonyl (C=O) groups excluding carboxylic acids is 1. The van der Waals surface area contributed by atoms with Gasteiger partial charge in [0.25, 0.3) is 0 Å².